The van der Waals surface area contributed by atoms with Crippen LogP contribution in [0.2, 0.25) is 0 Å². The molecule has 2 aliphatic heterocycles. The predicted octanol–water partition coefficient (Wildman–Crippen LogP) is 1.81. The minimum absolute atomic E-state index is 0.134. The van der Waals surface area contributed by atoms with Crippen molar-refractivity contribution in [3.63, 3.8) is 0 Å². The van der Waals surface area contributed by atoms with Crippen molar-refractivity contribution in [1.29, 1.82) is 0 Å². The van der Waals surface area contributed by atoms with Gasteiger partial charge in [-0.2, -0.15) is 0 Å². The highest BCUT2D eigenvalue weighted by Gasteiger charge is 2.29. The molecule has 1 aromatic carbocycles. The zero-order chi connectivity index (χ0) is 15.5. The Labute approximate surface area is 132 Å². The van der Waals surface area contributed by atoms with E-state index in [9.17, 15) is 9.90 Å². The van der Waals surface area contributed by atoms with E-state index in [0.717, 1.165) is 45.3 Å². The number of amides is 1. The standard InChI is InChI=1S/C18H26N2O2/c1-14(21)17-8-4-5-10-19(17)13-18(22)20-11-9-15-6-2-3-7-16(15)12-20/h2-3,6-7,14,17,21H,4-5,8-13H2,1H3. The van der Waals surface area contributed by atoms with Gasteiger partial charge in [0.05, 0.1) is 12.6 Å². The summed E-state index contributed by atoms with van der Waals surface area (Å²) >= 11 is 0. The average molecular weight is 302 g/mol. The number of nitrogens with zero attached hydrogens (tertiary/aromatic N) is 2. The van der Waals surface area contributed by atoms with Crippen LogP contribution in [0.3, 0.4) is 0 Å². The largest absolute Gasteiger partial charge is 0.392 e. The molecule has 2 unspecified atom stereocenters. The number of hydrogen-bond acceptors (Lipinski definition) is 3. The van der Waals surface area contributed by atoms with Gasteiger partial charge >= 0.3 is 0 Å². The SMILES string of the molecule is CC(O)C1CCCCN1CC(=O)N1CCc2ccccc2C1. The summed E-state index contributed by atoms with van der Waals surface area (Å²) in [6.45, 7) is 4.74. The second-order valence-electron chi connectivity index (χ2n) is 6.61. The first-order valence-corrected chi connectivity index (χ1v) is 8.42. The monoisotopic (exact) mass is 302 g/mol. The molecule has 4 heteroatoms. The maximum atomic E-state index is 12.6. The van der Waals surface area contributed by atoms with Gasteiger partial charge in [-0.1, -0.05) is 30.7 Å². The topological polar surface area (TPSA) is 43.8 Å². The lowest BCUT2D eigenvalue weighted by Crippen LogP contribution is -2.51. The Hall–Kier alpha value is -1.39. The van der Waals surface area contributed by atoms with Crippen molar-refractivity contribution >= 4 is 5.91 Å². The second-order valence-corrected chi connectivity index (χ2v) is 6.61. The van der Waals surface area contributed by atoms with Crippen LogP contribution in [0.5, 0.6) is 0 Å². The van der Waals surface area contributed by atoms with E-state index in [2.05, 4.69) is 23.1 Å². The number of aliphatic hydroxyl groups is 1. The van der Waals surface area contributed by atoms with Crippen LogP contribution in [0.1, 0.15) is 37.3 Å². The fourth-order valence-electron chi connectivity index (χ4n) is 3.74. The normalized spacial score (nSPS) is 23.9. The summed E-state index contributed by atoms with van der Waals surface area (Å²) in [5.41, 5.74) is 2.64. The number of benzene rings is 1. The zero-order valence-electron chi connectivity index (χ0n) is 13.4. The summed E-state index contributed by atoms with van der Waals surface area (Å²) in [5, 5.41) is 9.93. The minimum Gasteiger partial charge on any atom is -0.392 e. The number of aliphatic hydroxyl groups excluding tert-OH is 1. The van der Waals surface area contributed by atoms with Crippen LogP contribution in [-0.2, 0) is 17.8 Å². The predicted molar refractivity (Wildman–Crippen MR) is 86.5 cm³/mol. The molecule has 1 amide bonds. The van der Waals surface area contributed by atoms with Gasteiger partial charge in [0.25, 0.3) is 0 Å². The number of rotatable bonds is 3. The number of fused-ring (bicyclic) bond motifs is 1. The molecule has 1 fully saturated rings. The van der Waals surface area contributed by atoms with Crippen LogP contribution in [0.15, 0.2) is 24.3 Å². The van der Waals surface area contributed by atoms with Crippen molar-refractivity contribution in [1.82, 2.24) is 9.80 Å². The summed E-state index contributed by atoms with van der Waals surface area (Å²) in [4.78, 5) is 16.8. The van der Waals surface area contributed by atoms with Gasteiger partial charge in [-0.15, -0.1) is 0 Å². The molecule has 2 aliphatic rings. The molecule has 1 N–H and O–H groups in total. The fourth-order valence-corrected chi connectivity index (χ4v) is 3.74. The van der Waals surface area contributed by atoms with E-state index in [-0.39, 0.29) is 18.1 Å². The van der Waals surface area contributed by atoms with E-state index in [4.69, 9.17) is 0 Å². The maximum absolute atomic E-state index is 12.6. The number of piperidine rings is 1. The van der Waals surface area contributed by atoms with Gasteiger partial charge in [-0.3, -0.25) is 9.69 Å². The van der Waals surface area contributed by atoms with E-state index in [0.29, 0.717) is 6.54 Å². The lowest BCUT2D eigenvalue weighted by Gasteiger charge is -2.38. The lowest BCUT2D eigenvalue weighted by atomic mass is 9.97. The van der Waals surface area contributed by atoms with Crippen LogP contribution < -0.4 is 0 Å². The lowest BCUT2D eigenvalue weighted by molar-refractivity contribution is -0.135. The Balaban J connectivity index is 1.62. The average Bonchev–Trinajstić information content (AvgIpc) is 2.54. The molecule has 0 bridgehead atoms. The van der Waals surface area contributed by atoms with Crippen molar-refractivity contribution in [2.45, 2.75) is 51.3 Å². The molecule has 2 heterocycles. The maximum Gasteiger partial charge on any atom is 0.237 e. The van der Waals surface area contributed by atoms with Crippen LogP contribution in [0.25, 0.3) is 0 Å². The summed E-state index contributed by atoms with van der Waals surface area (Å²) in [7, 11) is 0. The molecule has 0 saturated carbocycles. The van der Waals surface area contributed by atoms with Crippen molar-refractivity contribution < 1.29 is 9.90 Å². The molecule has 0 aliphatic carbocycles. The van der Waals surface area contributed by atoms with Gasteiger partial charge in [0.1, 0.15) is 0 Å². The molecule has 1 saturated heterocycles. The van der Waals surface area contributed by atoms with Gasteiger partial charge in [0.2, 0.25) is 5.91 Å². The molecular weight excluding hydrogens is 276 g/mol. The Morgan fingerprint density at radius 3 is 2.82 bits per heavy atom. The summed E-state index contributed by atoms with van der Waals surface area (Å²) < 4.78 is 0. The first-order valence-electron chi connectivity index (χ1n) is 8.42. The molecule has 1 aromatic rings. The van der Waals surface area contributed by atoms with Gasteiger partial charge in [0.15, 0.2) is 0 Å². The van der Waals surface area contributed by atoms with Crippen LogP contribution in [0.4, 0.5) is 0 Å². The van der Waals surface area contributed by atoms with E-state index in [1.54, 1.807) is 0 Å². The molecule has 0 radical (unpaired) electrons. The molecular formula is C18H26N2O2. The van der Waals surface area contributed by atoms with Crippen LogP contribution >= 0.6 is 0 Å². The highest BCUT2D eigenvalue weighted by Crippen LogP contribution is 2.22. The number of hydrogen-bond donors (Lipinski definition) is 1. The Morgan fingerprint density at radius 1 is 1.27 bits per heavy atom. The Bertz CT molecular complexity index is 530. The van der Waals surface area contributed by atoms with Crippen LogP contribution in [0, 0.1) is 0 Å². The quantitative estimate of drug-likeness (QED) is 0.926. The van der Waals surface area contributed by atoms with Crippen molar-refractivity contribution in [2.24, 2.45) is 0 Å². The molecule has 120 valence electrons. The zero-order valence-corrected chi connectivity index (χ0v) is 13.4. The molecule has 2 atom stereocenters. The number of carbonyl (C=O) groups excluding carboxylic acids is 1. The first kappa shape index (κ1) is 15.5. The fraction of sp³-hybridized carbons (Fsp3) is 0.611. The Kier molecular flexibility index (Phi) is 4.79. The third-order valence-electron chi connectivity index (χ3n) is 5.04. The summed E-state index contributed by atoms with van der Waals surface area (Å²) in [6, 6.07) is 8.52. The molecule has 0 aromatic heterocycles. The van der Waals surface area contributed by atoms with Gasteiger partial charge < -0.3 is 10.0 Å². The second kappa shape index (κ2) is 6.80. The molecule has 22 heavy (non-hydrogen) atoms. The minimum atomic E-state index is -0.366. The summed E-state index contributed by atoms with van der Waals surface area (Å²) in [6.07, 6.45) is 3.85. The first-order chi connectivity index (χ1) is 10.6. The number of likely N-dealkylation sites (tertiary alicyclic amines) is 1. The molecule has 0 spiro atoms. The number of carbonyl (C=O) groups is 1. The third-order valence-corrected chi connectivity index (χ3v) is 5.04. The van der Waals surface area contributed by atoms with Crippen LogP contribution in [-0.4, -0.2) is 52.6 Å². The van der Waals surface area contributed by atoms with Crippen molar-refractivity contribution in [3.8, 4) is 0 Å². The van der Waals surface area contributed by atoms with Gasteiger partial charge in [-0.05, 0) is 43.9 Å². The van der Waals surface area contributed by atoms with Gasteiger partial charge in [-0.25, -0.2) is 0 Å². The van der Waals surface area contributed by atoms with Crippen molar-refractivity contribution in [2.75, 3.05) is 19.6 Å². The van der Waals surface area contributed by atoms with E-state index >= 15 is 0 Å². The summed E-state index contributed by atoms with van der Waals surface area (Å²) in [5.74, 6) is 0.196. The van der Waals surface area contributed by atoms with Gasteiger partial charge in [0, 0.05) is 19.1 Å². The van der Waals surface area contributed by atoms with E-state index in [1.807, 2.05) is 17.9 Å². The Morgan fingerprint density at radius 2 is 2.05 bits per heavy atom. The smallest absolute Gasteiger partial charge is 0.237 e. The molecule has 3 rings (SSSR count). The third kappa shape index (κ3) is 3.33. The van der Waals surface area contributed by atoms with E-state index in [1.165, 1.54) is 11.1 Å². The van der Waals surface area contributed by atoms with Crippen molar-refractivity contribution in [3.05, 3.63) is 35.4 Å². The van der Waals surface area contributed by atoms with E-state index < -0.39 is 0 Å². The highest BCUT2D eigenvalue weighted by atomic mass is 16.3. The highest BCUT2D eigenvalue weighted by molar-refractivity contribution is 5.78. The molecule has 4 nitrogen and oxygen atoms in total.